The van der Waals surface area contributed by atoms with Crippen molar-refractivity contribution in [3.05, 3.63) is 40.9 Å². The van der Waals surface area contributed by atoms with Gasteiger partial charge in [-0.3, -0.25) is 5.32 Å². The number of rotatable bonds is 3. The van der Waals surface area contributed by atoms with Gasteiger partial charge in [-0.1, -0.05) is 41.7 Å². The molecule has 5 nitrogen and oxygen atoms in total. The van der Waals surface area contributed by atoms with Gasteiger partial charge in [-0.25, -0.2) is 4.79 Å². The van der Waals surface area contributed by atoms with Gasteiger partial charge in [-0.15, -0.1) is 10.2 Å². The third kappa shape index (κ3) is 3.27. The number of urea groups is 1. The number of hydrogen-bond acceptors (Lipinski definition) is 4. The summed E-state index contributed by atoms with van der Waals surface area (Å²) < 4.78 is 0. The highest BCUT2D eigenvalue weighted by molar-refractivity contribution is 7.15. The zero-order chi connectivity index (χ0) is 13.0. The van der Waals surface area contributed by atoms with Crippen LogP contribution >= 0.6 is 11.3 Å². The quantitative estimate of drug-likeness (QED) is 0.893. The summed E-state index contributed by atoms with van der Waals surface area (Å²) in [7, 11) is 0. The van der Waals surface area contributed by atoms with Crippen LogP contribution in [0.4, 0.5) is 9.93 Å². The number of benzene rings is 1. The summed E-state index contributed by atoms with van der Waals surface area (Å²) in [5, 5.41) is 14.5. The van der Waals surface area contributed by atoms with Crippen LogP contribution in [-0.2, 0) is 0 Å². The summed E-state index contributed by atoms with van der Waals surface area (Å²) in [4.78, 5) is 11.7. The molecule has 2 rings (SSSR count). The lowest BCUT2D eigenvalue weighted by molar-refractivity contribution is 0.249. The highest BCUT2D eigenvalue weighted by Gasteiger charge is 2.10. The van der Waals surface area contributed by atoms with E-state index in [9.17, 15) is 4.79 Å². The number of carbonyl (C=O) groups excluding carboxylic acids is 1. The van der Waals surface area contributed by atoms with E-state index in [1.807, 2.05) is 44.2 Å². The van der Waals surface area contributed by atoms with E-state index in [1.54, 1.807) is 0 Å². The van der Waals surface area contributed by atoms with Gasteiger partial charge in [0, 0.05) is 0 Å². The minimum absolute atomic E-state index is 0.0554. The summed E-state index contributed by atoms with van der Waals surface area (Å²) in [5.41, 5.74) is 1.06. The minimum Gasteiger partial charge on any atom is -0.331 e. The molecule has 6 heteroatoms. The van der Waals surface area contributed by atoms with Crippen LogP contribution in [0.15, 0.2) is 30.3 Å². The fraction of sp³-hybridized carbons (Fsp3) is 0.250. The molecular weight excluding hydrogens is 248 g/mol. The largest absolute Gasteiger partial charge is 0.331 e. The van der Waals surface area contributed by atoms with E-state index >= 15 is 0 Å². The van der Waals surface area contributed by atoms with Crippen molar-refractivity contribution >= 4 is 22.5 Å². The molecule has 18 heavy (non-hydrogen) atoms. The lowest BCUT2D eigenvalue weighted by atomic mass is 10.1. The van der Waals surface area contributed by atoms with E-state index in [0.29, 0.717) is 5.13 Å². The van der Waals surface area contributed by atoms with Crippen LogP contribution in [0.2, 0.25) is 0 Å². The Morgan fingerprint density at radius 3 is 2.61 bits per heavy atom. The van der Waals surface area contributed by atoms with Crippen molar-refractivity contribution in [3.63, 3.8) is 0 Å². The molecule has 0 spiro atoms. The molecule has 1 aromatic carbocycles. The van der Waals surface area contributed by atoms with Crippen molar-refractivity contribution in [1.82, 2.24) is 15.5 Å². The van der Waals surface area contributed by atoms with Crippen molar-refractivity contribution in [3.8, 4) is 0 Å². The highest BCUT2D eigenvalue weighted by atomic mass is 32.1. The normalized spacial score (nSPS) is 11.9. The number of amides is 2. The summed E-state index contributed by atoms with van der Waals surface area (Å²) in [6.07, 6.45) is 0. The Hall–Kier alpha value is -1.95. The van der Waals surface area contributed by atoms with Crippen molar-refractivity contribution in [2.24, 2.45) is 0 Å². The first-order chi connectivity index (χ1) is 8.65. The van der Waals surface area contributed by atoms with Crippen molar-refractivity contribution in [1.29, 1.82) is 0 Å². The summed E-state index contributed by atoms with van der Waals surface area (Å²) >= 11 is 1.34. The average Bonchev–Trinajstić information content (AvgIpc) is 2.75. The molecule has 94 valence electrons. The number of aryl methyl sites for hydroxylation is 1. The van der Waals surface area contributed by atoms with Gasteiger partial charge in [0.05, 0.1) is 6.04 Å². The van der Waals surface area contributed by atoms with Gasteiger partial charge in [0.25, 0.3) is 0 Å². The van der Waals surface area contributed by atoms with Gasteiger partial charge in [0.2, 0.25) is 5.13 Å². The SMILES string of the molecule is Cc1nnc(NC(=O)NC(C)c2ccccc2)s1. The monoisotopic (exact) mass is 262 g/mol. The predicted octanol–water partition coefficient (Wildman–Crippen LogP) is 2.73. The fourth-order valence-electron chi connectivity index (χ4n) is 1.50. The maximum Gasteiger partial charge on any atom is 0.321 e. The van der Waals surface area contributed by atoms with Crippen LogP contribution in [0.25, 0.3) is 0 Å². The van der Waals surface area contributed by atoms with Crippen molar-refractivity contribution in [2.75, 3.05) is 5.32 Å². The first kappa shape index (κ1) is 12.5. The van der Waals surface area contributed by atoms with Gasteiger partial charge in [-0.05, 0) is 19.4 Å². The molecule has 0 radical (unpaired) electrons. The predicted molar refractivity (Wildman–Crippen MR) is 71.7 cm³/mol. The molecule has 0 aliphatic rings. The second-order valence-corrected chi connectivity index (χ2v) is 5.04. The highest BCUT2D eigenvalue weighted by Crippen LogP contribution is 2.15. The van der Waals surface area contributed by atoms with Gasteiger partial charge in [0.15, 0.2) is 0 Å². The van der Waals surface area contributed by atoms with Crippen LogP contribution in [-0.4, -0.2) is 16.2 Å². The van der Waals surface area contributed by atoms with Crippen LogP contribution in [0.1, 0.15) is 23.5 Å². The van der Waals surface area contributed by atoms with Crippen LogP contribution in [0.3, 0.4) is 0 Å². The molecule has 0 saturated heterocycles. The Kier molecular flexibility index (Phi) is 3.88. The first-order valence-corrected chi connectivity index (χ1v) is 6.39. The van der Waals surface area contributed by atoms with Gasteiger partial charge in [0.1, 0.15) is 5.01 Å². The Balaban J connectivity index is 1.92. The molecule has 0 aliphatic heterocycles. The molecule has 1 unspecified atom stereocenters. The molecule has 0 bridgehead atoms. The second kappa shape index (κ2) is 5.59. The zero-order valence-corrected chi connectivity index (χ0v) is 11.0. The number of aromatic nitrogens is 2. The molecule has 2 amide bonds. The lowest BCUT2D eigenvalue weighted by Gasteiger charge is -2.13. The Labute approximate surface area is 109 Å². The third-order valence-electron chi connectivity index (χ3n) is 2.39. The zero-order valence-electron chi connectivity index (χ0n) is 10.2. The summed E-state index contributed by atoms with van der Waals surface area (Å²) in [6.45, 7) is 3.77. The standard InChI is InChI=1S/C12H14N4OS/c1-8(10-6-4-3-5-7-10)13-11(17)14-12-16-15-9(2)18-12/h3-8H,1-2H3,(H2,13,14,16,17). The average molecular weight is 262 g/mol. The molecule has 2 N–H and O–H groups in total. The van der Waals surface area contributed by atoms with Gasteiger partial charge < -0.3 is 5.32 Å². The van der Waals surface area contributed by atoms with E-state index in [2.05, 4.69) is 20.8 Å². The molecule has 1 aromatic heterocycles. The number of carbonyl (C=O) groups is 1. The Morgan fingerprint density at radius 2 is 2.00 bits per heavy atom. The maximum absolute atomic E-state index is 11.7. The van der Waals surface area contributed by atoms with E-state index in [-0.39, 0.29) is 12.1 Å². The van der Waals surface area contributed by atoms with Gasteiger partial charge >= 0.3 is 6.03 Å². The maximum atomic E-state index is 11.7. The molecule has 1 heterocycles. The molecule has 1 atom stereocenters. The first-order valence-electron chi connectivity index (χ1n) is 5.57. The molecule has 2 aromatic rings. The van der Waals surface area contributed by atoms with E-state index in [0.717, 1.165) is 10.6 Å². The molecular formula is C12H14N4OS. The second-order valence-electron chi connectivity index (χ2n) is 3.86. The molecule has 0 aliphatic carbocycles. The number of nitrogens with one attached hydrogen (secondary N) is 2. The van der Waals surface area contributed by atoms with Crippen molar-refractivity contribution < 1.29 is 4.79 Å². The summed E-state index contributed by atoms with van der Waals surface area (Å²) in [6, 6.07) is 9.45. The van der Waals surface area contributed by atoms with E-state index < -0.39 is 0 Å². The van der Waals surface area contributed by atoms with Gasteiger partial charge in [-0.2, -0.15) is 0 Å². The molecule has 0 fully saturated rings. The van der Waals surface area contributed by atoms with Crippen LogP contribution in [0.5, 0.6) is 0 Å². The van der Waals surface area contributed by atoms with Crippen LogP contribution in [0, 0.1) is 6.92 Å². The van der Waals surface area contributed by atoms with E-state index in [1.165, 1.54) is 11.3 Å². The Morgan fingerprint density at radius 1 is 1.28 bits per heavy atom. The number of hydrogen-bond donors (Lipinski definition) is 2. The lowest BCUT2D eigenvalue weighted by Crippen LogP contribution is -2.31. The fourth-order valence-corrected chi connectivity index (χ4v) is 2.09. The van der Waals surface area contributed by atoms with Crippen LogP contribution < -0.4 is 10.6 Å². The van der Waals surface area contributed by atoms with Crippen molar-refractivity contribution in [2.45, 2.75) is 19.9 Å². The molecule has 0 saturated carbocycles. The third-order valence-corrected chi connectivity index (χ3v) is 3.15. The smallest absolute Gasteiger partial charge is 0.321 e. The summed E-state index contributed by atoms with van der Waals surface area (Å²) in [5.74, 6) is 0. The topological polar surface area (TPSA) is 66.9 Å². The number of nitrogens with zero attached hydrogens (tertiary/aromatic N) is 2. The minimum atomic E-state index is -0.275. The van der Waals surface area contributed by atoms with E-state index in [4.69, 9.17) is 0 Å². The number of anilines is 1. The Bertz CT molecular complexity index is 526.